The van der Waals surface area contributed by atoms with E-state index in [1.807, 2.05) is 31.2 Å². The molecule has 0 radical (unpaired) electrons. The number of likely N-dealkylation sites (tertiary alicyclic amines) is 1. The van der Waals surface area contributed by atoms with E-state index in [-0.39, 0.29) is 17.8 Å². The minimum absolute atomic E-state index is 0.0282. The maximum absolute atomic E-state index is 12.0. The van der Waals surface area contributed by atoms with Crippen LogP contribution in [0.1, 0.15) is 25.3 Å². The molecule has 1 N–H and O–H groups in total. The second-order valence-corrected chi connectivity index (χ2v) is 6.08. The van der Waals surface area contributed by atoms with Crippen molar-refractivity contribution >= 4 is 23.5 Å². The molecule has 126 valence electrons. The number of nitrogens with one attached hydrogen (secondary N) is 1. The number of nitrogens with zero attached hydrogens (tertiary/aromatic N) is 1. The van der Waals surface area contributed by atoms with Crippen molar-refractivity contribution in [1.82, 2.24) is 10.2 Å². The lowest BCUT2D eigenvalue weighted by Gasteiger charge is -2.30. The summed E-state index contributed by atoms with van der Waals surface area (Å²) in [4.78, 5) is 25.8. The molecule has 1 fully saturated rings. The summed E-state index contributed by atoms with van der Waals surface area (Å²) < 4.78 is 5.05. The molecule has 1 aliphatic heterocycles. The second kappa shape index (κ2) is 8.89. The van der Waals surface area contributed by atoms with Crippen molar-refractivity contribution in [2.75, 3.05) is 26.2 Å². The Hall–Kier alpha value is -1.59. The van der Waals surface area contributed by atoms with Crippen molar-refractivity contribution in [3.8, 4) is 0 Å². The summed E-state index contributed by atoms with van der Waals surface area (Å²) in [6, 6.07) is 7.46. The average molecular weight is 339 g/mol. The Bertz CT molecular complexity index is 542. The quantitative estimate of drug-likeness (QED) is 0.808. The SMILES string of the molecule is CCOC(=O)C1CCN(CC(=O)NCc2ccccc2Cl)CC1. The Labute approximate surface area is 141 Å². The molecule has 2 rings (SSSR count). The molecule has 0 saturated carbocycles. The zero-order valence-electron chi connectivity index (χ0n) is 13.4. The summed E-state index contributed by atoms with van der Waals surface area (Å²) in [7, 11) is 0. The lowest BCUT2D eigenvalue weighted by Crippen LogP contribution is -2.42. The molecule has 0 aliphatic carbocycles. The Balaban J connectivity index is 1.71. The molecule has 1 saturated heterocycles. The first kappa shape index (κ1) is 17.8. The molecule has 5 nitrogen and oxygen atoms in total. The van der Waals surface area contributed by atoms with Crippen LogP contribution in [-0.4, -0.2) is 43.0 Å². The molecule has 1 aromatic carbocycles. The molecule has 1 aliphatic rings. The normalized spacial score (nSPS) is 16.1. The predicted octanol–water partition coefficient (Wildman–Crippen LogP) is 2.23. The maximum atomic E-state index is 12.0. The van der Waals surface area contributed by atoms with E-state index in [2.05, 4.69) is 10.2 Å². The topological polar surface area (TPSA) is 58.6 Å². The number of amides is 1. The van der Waals surface area contributed by atoms with E-state index in [0.717, 1.165) is 31.5 Å². The van der Waals surface area contributed by atoms with Crippen LogP contribution in [0.5, 0.6) is 0 Å². The number of ether oxygens (including phenoxy) is 1. The number of halogens is 1. The van der Waals surface area contributed by atoms with Crippen molar-refractivity contribution in [1.29, 1.82) is 0 Å². The van der Waals surface area contributed by atoms with Crippen molar-refractivity contribution in [2.45, 2.75) is 26.3 Å². The van der Waals surface area contributed by atoms with Gasteiger partial charge in [-0.3, -0.25) is 14.5 Å². The van der Waals surface area contributed by atoms with Gasteiger partial charge in [0.05, 0.1) is 19.1 Å². The summed E-state index contributed by atoms with van der Waals surface area (Å²) in [6.07, 6.45) is 1.49. The molecule has 6 heteroatoms. The molecular formula is C17H23ClN2O3. The Morgan fingerprint density at radius 3 is 2.65 bits per heavy atom. The van der Waals surface area contributed by atoms with Crippen molar-refractivity contribution < 1.29 is 14.3 Å². The third-order valence-corrected chi connectivity index (χ3v) is 4.38. The van der Waals surface area contributed by atoms with E-state index >= 15 is 0 Å². The lowest BCUT2D eigenvalue weighted by atomic mass is 9.97. The van der Waals surface area contributed by atoms with Crippen LogP contribution in [0.4, 0.5) is 0 Å². The minimum Gasteiger partial charge on any atom is -0.466 e. The largest absolute Gasteiger partial charge is 0.466 e. The smallest absolute Gasteiger partial charge is 0.309 e. The van der Waals surface area contributed by atoms with Crippen LogP contribution >= 0.6 is 11.6 Å². The zero-order chi connectivity index (χ0) is 16.7. The number of rotatable bonds is 6. The molecule has 1 amide bonds. The monoisotopic (exact) mass is 338 g/mol. The van der Waals surface area contributed by atoms with Crippen molar-refractivity contribution in [3.63, 3.8) is 0 Å². The highest BCUT2D eigenvalue weighted by Crippen LogP contribution is 2.18. The van der Waals surface area contributed by atoms with Gasteiger partial charge in [0.2, 0.25) is 5.91 Å². The van der Waals surface area contributed by atoms with Crippen LogP contribution in [-0.2, 0) is 20.9 Å². The fraction of sp³-hybridized carbons (Fsp3) is 0.529. The number of carbonyl (C=O) groups is 2. The summed E-state index contributed by atoms with van der Waals surface area (Å²) >= 11 is 6.07. The van der Waals surface area contributed by atoms with Crippen molar-refractivity contribution in [3.05, 3.63) is 34.9 Å². The predicted molar refractivity (Wildman–Crippen MR) is 89.1 cm³/mol. The van der Waals surface area contributed by atoms with Gasteiger partial charge in [-0.2, -0.15) is 0 Å². The van der Waals surface area contributed by atoms with Crippen molar-refractivity contribution in [2.24, 2.45) is 5.92 Å². The van der Waals surface area contributed by atoms with E-state index in [0.29, 0.717) is 24.7 Å². The lowest BCUT2D eigenvalue weighted by molar-refractivity contribution is -0.149. The van der Waals surface area contributed by atoms with Crippen LogP contribution in [0, 0.1) is 5.92 Å². The Kier molecular flexibility index (Phi) is 6.86. The van der Waals surface area contributed by atoms with Gasteiger partial charge in [0.25, 0.3) is 0 Å². The number of benzene rings is 1. The molecule has 0 spiro atoms. The van der Waals surface area contributed by atoms with E-state index in [1.54, 1.807) is 0 Å². The fourth-order valence-electron chi connectivity index (χ4n) is 2.68. The van der Waals surface area contributed by atoms with Gasteiger partial charge in [0.15, 0.2) is 0 Å². The fourth-order valence-corrected chi connectivity index (χ4v) is 2.88. The standard InChI is InChI=1S/C17H23ClN2O3/c1-2-23-17(22)13-7-9-20(10-8-13)12-16(21)19-11-14-5-3-4-6-15(14)18/h3-6,13H,2,7-12H2,1H3,(H,19,21). The van der Waals surface area contributed by atoms with Crippen LogP contribution in [0.25, 0.3) is 0 Å². The molecule has 1 heterocycles. The van der Waals surface area contributed by atoms with Crippen LogP contribution in [0.3, 0.4) is 0 Å². The van der Waals surface area contributed by atoms with Gasteiger partial charge in [-0.05, 0) is 44.5 Å². The number of carbonyl (C=O) groups excluding carboxylic acids is 2. The van der Waals surface area contributed by atoms with Crippen LogP contribution in [0.15, 0.2) is 24.3 Å². The van der Waals surface area contributed by atoms with Gasteiger partial charge in [-0.15, -0.1) is 0 Å². The van der Waals surface area contributed by atoms with Gasteiger partial charge >= 0.3 is 5.97 Å². The first-order chi connectivity index (χ1) is 11.1. The first-order valence-corrected chi connectivity index (χ1v) is 8.37. The molecule has 23 heavy (non-hydrogen) atoms. The Morgan fingerprint density at radius 2 is 2.00 bits per heavy atom. The Morgan fingerprint density at radius 1 is 1.30 bits per heavy atom. The number of hydrogen-bond acceptors (Lipinski definition) is 4. The summed E-state index contributed by atoms with van der Waals surface area (Å²) in [5.41, 5.74) is 0.906. The van der Waals surface area contributed by atoms with Crippen LogP contribution in [0.2, 0.25) is 5.02 Å². The second-order valence-electron chi connectivity index (χ2n) is 5.67. The van der Waals surface area contributed by atoms with Gasteiger partial charge in [0.1, 0.15) is 0 Å². The molecule has 0 unspecified atom stereocenters. The summed E-state index contributed by atoms with van der Waals surface area (Å²) in [5.74, 6) is -0.174. The molecule has 0 bridgehead atoms. The summed E-state index contributed by atoms with van der Waals surface area (Å²) in [6.45, 7) is 4.49. The summed E-state index contributed by atoms with van der Waals surface area (Å²) in [5, 5.41) is 3.54. The van der Waals surface area contributed by atoms with E-state index in [1.165, 1.54) is 0 Å². The van der Waals surface area contributed by atoms with Gasteiger partial charge in [-0.25, -0.2) is 0 Å². The zero-order valence-corrected chi connectivity index (χ0v) is 14.1. The maximum Gasteiger partial charge on any atom is 0.309 e. The first-order valence-electron chi connectivity index (χ1n) is 7.99. The molecule has 0 atom stereocenters. The molecular weight excluding hydrogens is 316 g/mol. The molecule has 1 aromatic rings. The highest BCUT2D eigenvalue weighted by atomic mass is 35.5. The van der Waals surface area contributed by atoms with Gasteiger partial charge < -0.3 is 10.1 Å². The van der Waals surface area contributed by atoms with E-state index in [9.17, 15) is 9.59 Å². The number of esters is 1. The third-order valence-electron chi connectivity index (χ3n) is 4.01. The minimum atomic E-state index is -0.115. The third kappa shape index (κ3) is 5.52. The highest BCUT2D eigenvalue weighted by molar-refractivity contribution is 6.31. The number of hydrogen-bond donors (Lipinski definition) is 1. The van der Waals surface area contributed by atoms with E-state index in [4.69, 9.17) is 16.3 Å². The average Bonchev–Trinajstić information content (AvgIpc) is 2.55. The van der Waals surface area contributed by atoms with Gasteiger partial charge in [0, 0.05) is 11.6 Å². The molecule has 0 aromatic heterocycles. The number of piperidine rings is 1. The van der Waals surface area contributed by atoms with Crippen LogP contribution < -0.4 is 5.32 Å². The van der Waals surface area contributed by atoms with E-state index < -0.39 is 0 Å². The highest BCUT2D eigenvalue weighted by Gasteiger charge is 2.26. The van der Waals surface area contributed by atoms with Gasteiger partial charge in [-0.1, -0.05) is 29.8 Å².